The Morgan fingerprint density at radius 1 is 0.600 bits per heavy atom. The van der Waals surface area contributed by atoms with Crippen LogP contribution in [0.2, 0.25) is 0 Å². The standard InChI is InChI=1S/C50H43F3N4O8/c51-50(52,53)65-36-26-24-35(25-27-36)54-46(61)42(28-29-44(58)57-49(32-14-4-1-5-15-32,33-16-6-2-7-17-33)34-18-8-3-9-19-34)55-47(62)43(30-45(59)60)56-48(63)64-31-41-39-22-12-10-20-37(39)38-21-11-13-23-40(38)41/h1-27,41-43H,28-31H2,(H,54,61)(H,55,62)(H,56,63)(H,57,58)(H,59,60)/t42-,43-/m0/s1. The van der Waals surface area contributed by atoms with Crippen LogP contribution in [0.15, 0.2) is 164 Å². The molecule has 1 aliphatic rings. The maximum atomic E-state index is 14.2. The number of hydrogen-bond donors (Lipinski definition) is 5. The third-order valence-electron chi connectivity index (χ3n) is 10.9. The second-order valence-electron chi connectivity index (χ2n) is 15.2. The first kappa shape index (κ1) is 45.1. The summed E-state index contributed by atoms with van der Waals surface area (Å²) in [5.41, 5.74) is 4.78. The topological polar surface area (TPSA) is 172 Å². The molecule has 0 radical (unpaired) electrons. The van der Waals surface area contributed by atoms with E-state index in [4.69, 9.17) is 4.74 Å². The van der Waals surface area contributed by atoms with Crippen LogP contribution in [0.1, 0.15) is 53.0 Å². The van der Waals surface area contributed by atoms with E-state index < -0.39 is 65.9 Å². The zero-order valence-electron chi connectivity index (χ0n) is 34.6. The van der Waals surface area contributed by atoms with E-state index in [-0.39, 0.29) is 31.1 Å². The molecule has 0 fully saturated rings. The molecular formula is C50H43F3N4O8. The van der Waals surface area contributed by atoms with E-state index >= 15 is 0 Å². The van der Waals surface area contributed by atoms with Gasteiger partial charge in [-0.25, -0.2) is 4.79 Å². The van der Waals surface area contributed by atoms with Crippen molar-refractivity contribution in [3.8, 4) is 16.9 Å². The fourth-order valence-corrected chi connectivity index (χ4v) is 8.00. The molecule has 12 nitrogen and oxygen atoms in total. The monoisotopic (exact) mass is 884 g/mol. The molecule has 5 N–H and O–H groups in total. The predicted molar refractivity (Wildman–Crippen MR) is 235 cm³/mol. The Morgan fingerprint density at radius 2 is 1.09 bits per heavy atom. The minimum atomic E-state index is -4.96. The number of ether oxygens (including phenoxy) is 2. The molecule has 7 rings (SSSR count). The number of anilines is 1. The van der Waals surface area contributed by atoms with E-state index in [0.717, 1.165) is 63.2 Å². The van der Waals surface area contributed by atoms with Gasteiger partial charge in [0.25, 0.3) is 0 Å². The number of carboxylic acids is 1. The summed E-state index contributed by atoms with van der Waals surface area (Å²) in [6.07, 6.45) is -7.67. The number of amides is 4. The van der Waals surface area contributed by atoms with Crippen molar-refractivity contribution < 1.29 is 51.7 Å². The van der Waals surface area contributed by atoms with E-state index in [0.29, 0.717) is 0 Å². The summed E-state index contributed by atoms with van der Waals surface area (Å²) >= 11 is 0. The number of carbonyl (C=O) groups excluding carboxylic acids is 4. The smallest absolute Gasteiger partial charge is 0.481 e. The fraction of sp³-hybridized carbons (Fsp3) is 0.180. The highest BCUT2D eigenvalue weighted by atomic mass is 19.4. The first-order chi connectivity index (χ1) is 31.3. The van der Waals surface area contributed by atoms with Crippen molar-refractivity contribution in [1.82, 2.24) is 16.0 Å². The van der Waals surface area contributed by atoms with Gasteiger partial charge in [0.05, 0.1) is 6.42 Å². The number of rotatable bonds is 17. The van der Waals surface area contributed by atoms with Gasteiger partial charge in [-0.05, 0) is 69.6 Å². The summed E-state index contributed by atoms with van der Waals surface area (Å²) in [7, 11) is 0. The van der Waals surface area contributed by atoms with E-state index in [2.05, 4.69) is 26.0 Å². The van der Waals surface area contributed by atoms with Gasteiger partial charge in [-0.3, -0.25) is 19.2 Å². The number of aliphatic carboxylic acids is 1. The largest absolute Gasteiger partial charge is 0.573 e. The molecule has 0 saturated heterocycles. The molecule has 4 amide bonds. The number of halogens is 3. The number of alkyl halides is 3. The molecule has 0 aromatic heterocycles. The lowest BCUT2D eigenvalue weighted by molar-refractivity contribution is -0.274. The number of alkyl carbamates (subject to hydrolysis) is 1. The number of nitrogens with one attached hydrogen (secondary N) is 4. The molecule has 0 saturated carbocycles. The van der Waals surface area contributed by atoms with Crippen molar-refractivity contribution in [2.45, 2.75) is 49.2 Å². The number of fused-ring (bicyclic) bond motifs is 3. The van der Waals surface area contributed by atoms with Crippen molar-refractivity contribution in [2.75, 3.05) is 11.9 Å². The van der Waals surface area contributed by atoms with Crippen molar-refractivity contribution in [1.29, 1.82) is 0 Å². The molecule has 0 spiro atoms. The highest BCUT2D eigenvalue weighted by Crippen LogP contribution is 2.44. The summed E-state index contributed by atoms with van der Waals surface area (Å²) in [5.74, 6) is -4.86. The van der Waals surface area contributed by atoms with Gasteiger partial charge in [-0.2, -0.15) is 0 Å². The van der Waals surface area contributed by atoms with Crippen LogP contribution in [0.3, 0.4) is 0 Å². The van der Waals surface area contributed by atoms with Crippen LogP contribution < -0.4 is 26.0 Å². The molecule has 15 heteroatoms. The summed E-state index contributed by atoms with van der Waals surface area (Å²) in [6, 6.07) is 44.0. The Bertz CT molecular complexity index is 2490. The van der Waals surface area contributed by atoms with Crippen LogP contribution in [0.5, 0.6) is 5.75 Å². The second-order valence-corrected chi connectivity index (χ2v) is 15.2. The van der Waals surface area contributed by atoms with Gasteiger partial charge in [0.15, 0.2) is 0 Å². The minimum Gasteiger partial charge on any atom is -0.481 e. The maximum absolute atomic E-state index is 14.2. The molecule has 65 heavy (non-hydrogen) atoms. The summed E-state index contributed by atoms with van der Waals surface area (Å²) < 4.78 is 48.0. The van der Waals surface area contributed by atoms with Gasteiger partial charge >= 0.3 is 18.4 Å². The quantitative estimate of drug-likeness (QED) is 0.0570. The molecule has 0 heterocycles. The molecule has 332 valence electrons. The number of hydrogen-bond acceptors (Lipinski definition) is 7. The normalized spacial score (nSPS) is 13.0. The Kier molecular flexibility index (Phi) is 13.9. The number of benzene rings is 6. The summed E-state index contributed by atoms with van der Waals surface area (Å²) in [5, 5.41) is 20.3. The molecular weight excluding hydrogens is 842 g/mol. The lowest BCUT2D eigenvalue weighted by atomic mass is 9.77. The Labute approximate surface area is 371 Å². The average molecular weight is 885 g/mol. The van der Waals surface area contributed by atoms with Crippen molar-refractivity contribution in [2.24, 2.45) is 0 Å². The molecule has 0 aliphatic heterocycles. The third kappa shape index (κ3) is 11.0. The molecule has 0 bridgehead atoms. The molecule has 6 aromatic rings. The molecule has 0 unspecified atom stereocenters. The van der Waals surface area contributed by atoms with Crippen molar-refractivity contribution in [3.05, 3.63) is 192 Å². The lowest BCUT2D eigenvalue weighted by Gasteiger charge is -2.37. The zero-order chi connectivity index (χ0) is 46.0. The van der Waals surface area contributed by atoms with Gasteiger partial charge in [0.2, 0.25) is 17.7 Å². The van der Waals surface area contributed by atoms with E-state index in [9.17, 15) is 42.3 Å². The summed E-state index contributed by atoms with van der Waals surface area (Å²) in [6.45, 7) is -0.134. The third-order valence-corrected chi connectivity index (χ3v) is 10.9. The fourth-order valence-electron chi connectivity index (χ4n) is 8.00. The van der Waals surface area contributed by atoms with Crippen LogP contribution >= 0.6 is 0 Å². The SMILES string of the molecule is O=C(O)C[C@H](NC(=O)OCC1c2ccccc2-c2ccccc21)C(=O)N[C@@H](CCC(=O)NC(c1ccccc1)(c1ccccc1)c1ccccc1)C(=O)Nc1ccc(OC(F)(F)F)cc1. The van der Waals surface area contributed by atoms with Gasteiger partial charge in [0, 0.05) is 18.0 Å². The van der Waals surface area contributed by atoms with Gasteiger partial charge in [-0.1, -0.05) is 140 Å². The Hall–Kier alpha value is -7.94. The van der Waals surface area contributed by atoms with Gasteiger partial charge < -0.3 is 35.8 Å². The lowest BCUT2D eigenvalue weighted by Crippen LogP contribution is -2.54. The van der Waals surface area contributed by atoms with Crippen LogP contribution in [-0.2, 0) is 29.5 Å². The highest BCUT2D eigenvalue weighted by Gasteiger charge is 2.39. The van der Waals surface area contributed by atoms with E-state index in [1.807, 2.05) is 140 Å². The predicted octanol–water partition coefficient (Wildman–Crippen LogP) is 8.28. The number of carbonyl (C=O) groups is 5. The van der Waals surface area contributed by atoms with Gasteiger partial charge in [0.1, 0.15) is 30.0 Å². The second kappa shape index (κ2) is 20.1. The molecule has 6 aromatic carbocycles. The van der Waals surface area contributed by atoms with Crippen LogP contribution in [0, 0.1) is 0 Å². The van der Waals surface area contributed by atoms with Crippen LogP contribution in [0.4, 0.5) is 23.7 Å². The molecule has 1 aliphatic carbocycles. The Morgan fingerprint density at radius 3 is 1.58 bits per heavy atom. The average Bonchev–Trinajstić information content (AvgIpc) is 3.62. The minimum absolute atomic E-state index is 0.0170. The first-order valence-corrected chi connectivity index (χ1v) is 20.6. The van der Waals surface area contributed by atoms with Crippen LogP contribution in [0.25, 0.3) is 11.1 Å². The van der Waals surface area contributed by atoms with E-state index in [1.54, 1.807) is 0 Å². The first-order valence-electron chi connectivity index (χ1n) is 20.6. The van der Waals surface area contributed by atoms with E-state index in [1.165, 1.54) is 0 Å². The molecule has 2 atom stereocenters. The maximum Gasteiger partial charge on any atom is 0.573 e. The summed E-state index contributed by atoms with van der Waals surface area (Å²) in [4.78, 5) is 67.4. The van der Waals surface area contributed by atoms with Gasteiger partial charge in [-0.15, -0.1) is 13.2 Å². The van der Waals surface area contributed by atoms with Crippen molar-refractivity contribution >= 4 is 35.5 Å². The van der Waals surface area contributed by atoms with Crippen LogP contribution in [-0.4, -0.2) is 59.9 Å². The number of carboxylic acid groups (broad SMARTS) is 1. The van der Waals surface area contributed by atoms with Crippen molar-refractivity contribution in [3.63, 3.8) is 0 Å². The highest BCUT2D eigenvalue weighted by molar-refractivity contribution is 5.99. The Balaban J connectivity index is 1.11. The zero-order valence-corrected chi connectivity index (χ0v) is 34.6.